The molecule has 0 bridgehead atoms. The summed E-state index contributed by atoms with van der Waals surface area (Å²) < 4.78 is 62.3. The predicted octanol–water partition coefficient (Wildman–Crippen LogP) is -0.728. The van der Waals surface area contributed by atoms with Gasteiger partial charge in [-0.2, -0.15) is 16.8 Å². The smallest absolute Gasteiger partial charge is 0.300 e. The molecule has 2 unspecified atom stereocenters. The Hall–Kier alpha value is -1.04. The van der Waals surface area contributed by atoms with E-state index in [9.17, 15) is 27.0 Å². The van der Waals surface area contributed by atoms with Crippen molar-refractivity contribution in [3.05, 3.63) is 43.9 Å². The zero-order chi connectivity index (χ0) is 15.7. The van der Waals surface area contributed by atoms with Crippen molar-refractivity contribution in [3.63, 3.8) is 0 Å². The highest BCUT2D eigenvalue weighted by atomic mass is 32.2. The second-order valence-electron chi connectivity index (χ2n) is 3.37. The first-order chi connectivity index (χ1) is 8.31. The van der Waals surface area contributed by atoms with Crippen molar-refractivity contribution in [2.45, 2.75) is 9.87 Å². The Morgan fingerprint density at radius 1 is 0.842 bits per heavy atom. The van der Waals surface area contributed by atoms with E-state index in [0.717, 1.165) is 0 Å². The molecule has 0 amide bonds. The fourth-order valence-corrected chi connectivity index (χ4v) is 2.78. The highest BCUT2D eigenvalue weighted by Crippen LogP contribution is 2.39. The lowest BCUT2D eigenvalue weighted by Crippen LogP contribution is -2.55. The quantitative estimate of drug-likeness (QED) is 0.355. The van der Waals surface area contributed by atoms with Crippen molar-refractivity contribution in [1.82, 2.24) is 0 Å². The van der Waals surface area contributed by atoms with E-state index >= 15 is 0 Å². The molecule has 8 nitrogen and oxygen atoms in total. The number of rotatable bonds is 7. The topological polar surface area (TPSA) is 149 Å². The van der Waals surface area contributed by atoms with Gasteiger partial charge in [-0.1, -0.05) is 19.2 Å². The van der Waals surface area contributed by atoms with E-state index in [0.29, 0.717) is 6.08 Å². The molecule has 0 aliphatic rings. The minimum atomic E-state index is -5.33. The van der Waals surface area contributed by atoms with Gasteiger partial charge in [0.2, 0.25) is 9.87 Å². The maximum atomic E-state index is 11.1. The molecule has 4 N–H and O–H groups in total. The number of hydrogen-bond acceptors (Lipinski definition) is 6. The van der Waals surface area contributed by atoms with Crippen LogP contribution in [0, 0.1) is 5.92 Å². The number of aliphatic hydroxyl groups is 2. The van der Waals surface area contributed by atoms with Crippen LogP contribution in [0.5, 0.6) is 0 Å². The van der Waals surface area contributed by atoms with Crippen molar-refractivity contribution >= 4 is 20.2 Å². The number of hydrogen-bond donors (Lipinski definition) is 4. The average molecular weight is 313 g/mol. The third kappa shape index (κ3) is 2.78. The molecular weight excluding hydrogens is 300 g/mol. The molecule has 0 aromatic rings. The SMILES string of the molecule is C=C[C](C(O)(C=C)S(=O)(=O)O)C(O)(C=C)S(=O)(=O)O. The standard InChI is InChI=1S/C9H13O8S2/c1-4-7(8(10,5-2)18(12,13)14)9(11,6-3)19(15,16)17/h4-6,10-11H,1-3H2,(H,12,13,14)(H,15,16,17). The largest absolute Gasteiger partial charge is 0.369 e. The van der Waals surface area contributed by atoms with Crippen LogP contribution in [0.1, 0.15) is 0 Å². The summed E-state index contributed by atoms with van der Waals surface area (Å²) in [6.07, 6.45) is 0.933. The minimum absolute atomic E-state index is 0.249. The summed E-state index contributed by atoms with van der Waals surface area (Å²) in [5.41, 5.74) is 0. The monoisotopic (exact) mass is 313 g/mol. The molecule has 0 fully saturated rings. The molecule has 109 valence electrons. The molecule has 1 radical (unpaired) electrons. The molecule has 0 spiro atoms. The predicted molar refractivity (Wildman–Crippen MR) is 66.8 cm³/mol. The summed E-state index contributed by atoms with van der Waals surface area (Å²) in [5, 5.41) is 19.6. The van der Waals surface area contributed by atoms with Crippen molar-refractivity contribution in [3.8, 4) is 0 Å². The van der Waals surface area contributed by atoms with E-state index < -0.39 is 36.0 Å². The van der Waals surface area contributed by atoms with Crippen LogP contribution in [0.3, 0.4) is 0 Å². The molecule has 0 rings (SSSR count). The van der Waals surface area contributed by atoms with Crippen molar-refractivity contribution in [2.75, 3.05) is 0 Å². The maximum Gasteiger partial charge on any atom is 0.300 e. The molecule has 19 heavy (non-hydrogen) atoms. The van der Waals surface area contributed by atoms with E-state index in [1.54, 1.807) is 0 Å². The molecule has 0 aromatic carbocycles. The van der Waals surface area contributed by atoms with Gasteiger partial charge in [0.25, 0.3) is 20.2 Å². The Bertz CT molecular complexity index is 540. The lowest BCUT2D eigenvalue weighted by Gasteiger charge is -2.35. The van der Waals surface area contributed by atoms with Crippen LogP contribution in [-0.2, 0) is 20.2 Å². The summed E-state index contributed by atoms with van der Waals surface area (Å²) in [7, 11) is -10.7. The van der Waals surface area contributed by atoms with E-state index in [1.165, 1.54) is 0 Å². The van der Waals surface area contributed by atoms with Gasteiger partial charge in [0.05, 0.1) is 0 Å². The molecule has 2 atom stereocenters. The first kappa shape index (κ1) is 18.0. The zero-order valence-electron chi connectivity index (χ0n) is 9.59. The first-order valence-corrected chi connectivity index (χ1v) is 7.36. The van der Waals surface area contributed by atoms with Gasteiger partial charge in [-0.3, -0.25) is 9.11 Å². The fraction of sp³-hybridized carbons (Fsp3) is 0.222. The Morgan fingerprint density at radius 2 is 1.11 bits per heavy atom. The van der Waals surface area contributed by atoms with Gasteiger partial charge in [-0.15, -0.1) is 6.58 Å². The van der Waals surface area contributed by atoms with Gasteiger partial charge in [0.1, 0.15) is 5.92 Å². The molecule has 0 aliphatic heterocycles. The lowest BCUT2D eigenvalue weighted by atomic mass is 9.94. The van der Waals surface area contributed by atoms with E-state index in [-0.39, 0.29) is 12.2 Å². The molecule has 0 heterocycles. The third-order valence-corrected chi connectivity index (χ3v) is 4.66. The summed E-state index contributed by atoms with van der Waals surface area (Å²) in [5.74, 6) is -1.27. The van der Waals surface area contributed by atoms with Crippen LogP contribution in [0.15, 0.2) is 38.0 Å². The summed E-state index contributed by atoms with van der Waals surface area (Å²) in [6.45, 7) is 8.85. The lowest BCUT2D eigenvalue weighted by molar-refractivity contribution is 0.104. The second-order valence-corrected chi connectivity index (χ2v) is 6.51. The fourth-order valence-electron chi connectivity index (χ4n) is 1.26. The van der Waals surface area contributed by atoms with Gasteiger partial charge >= 0.3 is 0 Å². The van der Waals surface area contributed by atoms with Gasteiger partial charge < -0.3 is 10.2 Å². The van der Waals surface area contributed by atoms with E-state index in [1.807, 2.05) is 0 Å². The van der Waals surface area contributed by atoms with Gasteiger partial charge in [-0.05, 0) is 12.2 Å². The van der Waals surface area contributed by atoms with Crippen molar-refractivity contribution < 1.29 is 36.2 Å². The second kappa shape index (κ2) is 5.15. The summed E-state index contributed by atoms with van der Waals surface area (Å²) >= 11 is 0. The van der Waals surface area contributed by atoms with Crippen LogP contribution in [0.4, 0.5) is 0 Å². The highest BCUT2D eigenvalue weighted by molar-refractivity contribution is 7.88. The van der Waals surface area contributed by atoms with Crippen LogP contribution in [0.25, 0.3) is 0 Å². The van der Waals surface area contributed by atoms with Crippen LogP contribution >= 0.6 is 0 Å². The van der Waals surface area contributed by atoms with Crippen molar-refractivity contribution in [2.24, 2.45) is 0 Å². The summed E-state index contributed by atoms with van der Waals surface area (Å²) in [4.78, 5) is -6.76. The van der Waals surface area contributed by atoms with E-state index in [2.05, 4.69) is 19.7 Å². The molecule has 0 aliphatic carbocycles. The molecule has 0 saturated heterocycles. The third-order valence-electron chi connectivity index (χ3n) is 2.32. The molecule has 0 aromatic heterocycles. The maximum absolute atomic E-state index is 11.1. The van der Waals surface area contributed by atoms with Crippen LogP contribution in [-0.4, -0.2) is 46.0 Å². The Labute approximate surface area is 110 Å². The Balaban J connectivity index is 6.45. The minimum Gasteiger partial charge on any atom is -0.369 e. The van der Waals surface area contributed by atoms with Gasteiger partial charge in [0.15, 0.2) is 0 Å². The zero-order valence-corrected chi connectivity index (χ0v) is 11.2. The average Bonchev–Trinajstić information content (AvgIpc) is 2.26. The first-order valence-electron chi connectivity index (χ1n) is 4.48. The molecule has 0 saturated carbocycles. The molecule has 10 heteroatoms. The van der Waals surface area contributed by atoms with Crippen LogP contribution < -0.4 is 0 Å². The normalized spacial score (nSPS) is 19.2. The highest BCUT2D eigenvalue weighted by Gasteiger charge is 2.59. The Morgan fingerprint density at radius 3 is 1.21 bits per heavy atom. The van der Waals surface area contributed by atoms with Gasteiger partial charge in [-0.25, -0.2) is 0 Å². The van der Waals surface area contributed by atoms with Crippen molar-refractivity contribution in [1.29, 1.82) is 0 Å². The summed E-state index contributed by atoms with van der Waals surface area (Å²) in [6, 6.07) is 0. The molecular formula is C9H13O8S2. The van der Waals surface area contributed by atoms with Crippen LogP contribution in [0.2, 0.25) is 0 Å². The van der Waals surface area contributed by atoms with Gasteiger partial charge in [0, 0.05) is 0 Å². The van der Waals surface area contributed by atoms with E-state index in [4.69, 9.17) is 9.11 Å². The Kier molecular flexibility index (Phi) is 4.87.